The van der Waals surface area contributed by atoms with Crippen molar-refractivity contribution in [2.45, 2.75) is 64.8 Å². The molecule has 2 heteroatoms. The minimum Gasteiger partial charge on any atom is -0.493 e. The normalized spacial score (nSPS) is 10.6. The Labute approximate surface area is 118 Å². The molecule has 2 nitrogen and oxygen atoms in total. The highest BCUT2D eigenvalue weighted by Crippen LogP contribution is 2.17. The van der Waals surface area contributed by atoms with Gasteiger partial charge in [-0.3, -0.25) is 0 Å². The van der Waals surface area contributed by atoms with Crippen LogP contribution in [-0.4, -0.2) is 6.61 Å². The van der Waals surface area contributed by atoms with Crippen molar-refractivity contribution in [1.29, 1.82) is 0 Å². The molecule has 0 aromatic heterocycles. The number of para-hydroxylation sites is 1. The van der Waals surface area contributed by atoms with Crippen molar-refractivity contribution < 1.29 is 4.74 Å². The fourth-order valence-electron chi connectivity index (χ4n) is 2.23. The number of hydrogen-bond donors (Lipinski definition) is 1. The van der Waals surface area contributed by atoms with Crippen molar-refractivity contribution in [3.05, 3.63) is 29.8 Å². The molecule has 0 radical (unpaired) electrons. The van der Waals surface area contributed by atoms with Gasteiger partial charge in [0.05, 0.1) is 6.61 Å². The van der Waals surface area contributed by atoms with E-state index < -0.39 is 0 Å². The Hall–Kier alpha value is -1.02. The predicted octanol–water partition coefficient (Wildman–Crippen LogP) is 4.66. The fraction of sp³-hybridized carbons (Fsp3) is 0.647. The highest BCUT2D eigenvalue weighted by Gasteiger charge is 2.00. The maximum atomic E-state index is 5.79. The highest BCUT2D eigenvalue weighted by molar-refractivity contribution is 5.32. The molecule has 1 aromatic rings. The third kappa shape index (κ3) is 7.22. The van der Waals surface area contributed by atoms with Crippen LogP contribution in [-0.2, 0) is 6.54 Å². The lowest BCUT2D eigenvalue weighted by Crippen LogP contribution is -2.03. The molecule has 0 aliphatic carbocycles. The third-order valence-electron chi connectivity index (χ3n) is 3.45. The number of benzene rings is 1. The van der Waals surface area contributed by atoms with Gasteiger partial charge in [-0.2, -0.15) is 0 Å². The summed E-state index contributed by atoms with van der Waals surface area (Å²) >= 11 is 0. The summed E-state index contributed by atoms with van der Waals surface area (Å²) in [6.07, 6.45) is 10.6. The first-order valence-corrected chi connectivity index (χ1v) is 7.79. The monoisotopic (exact) mass is 263 g/mol. The molecule has 108 valence electrons. The van der Waals surface area contributed by atoms with Gasteiger partial charge < -0.3 is 10.5 Å². The number of unbranched alkanes of at least 4 members (excludes halogenated alkanes) is 7. The van der Waals surface area contributed by atoms with Crippen LogP contribution in [0.5, 0.6) is 5.75 Å². The fourth-order valence-corrected chi connectivity index (χ4v) is 2.23. The standard InChI is InChI=1S/C17H29NO/c1-2-3-4-5-6-7-8-11-14-19-17-13-10-9-12-16(17)15-18/h9-10,12-13H,2-8,11,14-15,18H2,1H3. The van der Waals surface area contributed by atoms with Gasteiger partial charge in [0.1, 0.15) is 5.75 Å². The Morgan fingerprint density at radius 3 is 2.21 bits per heavy atom. The van der Waals surface area contributed by atoms with Gasteiger partial charge in [0.2, 0.25) is 0 Å². The van der Waals surface area contributed by atoms with Gasteiger partial charge in [-0.05, 0) is 12.5 Å². The van der Waals surface area contributed by atoms with Crippen LogP contribution in [0.3, 0.4) is 0 Å². The molecule has 0 saturated heterocycles. The van der Waals surface area contributed by atoms with Crippen LogP contribution < -0.4 is 10.5 Å². The average molecular weight is 263 g/mol. The van der Waals surface area contributed by atoms with Crippen LogP contribution in [0.2, 0.25) is 0 Å². The van der Waals surface area contributed by atoms with E-state index in [1.165, 1.54) is 44.9 Å². The first-order valence-electron chi connectivity index (χ1n) is 7.79. The van der Waals surface area contributed by atoms with Crippen molar-refractivity contribution >= 4 is 0 Å². The molecular formula is C17H29NO. The Morgan fingerprint density at radius 1 is 0.895 bits per heavy atom. The van der Waals surface area contributed by atoms with Crippen molar-refractivity contribution in [2.24, 2.45) is 5.73 Å². The lowest BCUT2D eigenvalue weighted by atomic mass is 10.1. The van der Waals surface area contributed by atoms with E-state index in [2.05, 4.69) is 6.92 Å². The molecule has 0 aliphatic rings. The van der Waals surface area contributed by atoms with E-state index >= 15 is 0 Å². The molecule has 0 heterocycles. The summed E-state index contributed by atoms with van der Waals surface area (Å²) in [6.45, 7) is 3.62. The first kappa shape index (κ1) is 16.0. The van der Waals surface area contributed by atoms with Crippen LogP contribution in [0, 0.1) is 0 Å². The molecule has 1 rings (SSSR count). The second-order valence-electron chi connectivity index (χ2n) is 5.14. The lowest BCUT2D eigenvalue weighted by molar-refractivity contribution is 0.301. The maximum absolute atomic E-state index is 5.79. The Morgan fingerprint density at radius 2 is 1.53 bits per heavy atom. The SMILES string of the molecule is CCCCCCCCCCOc1ccccc1CN. The number of nitrogens with two attached hydrogens (primary N) is 1. The largest absolute Gasteiger partial charge is 0.493 e. The average Bonchev–Trinajstić information content (AvgIpc) is 2.46. The van der Waals surface area contributed by atoms with Gasteiger partial charge in [0, 0.05) is 12.1 Å². The van der Waals surface area contributed by atoms with Crippen LogP contribution in [0.25, 0.3) is 0 Å². The molecule has 1 aromatic carbocycles. The van der Waals surface area contributed by atoms with Crippen molar-refractivity contribution in [2.75, 3.05) is 6.61 Å². The van der Waals surface area contributed by atoms with Crippen molar-refractivity contribution in [3.63, 3.8) is 0 Å². The molecule has 0 saturated carbocycles. The van der Waals surface area contributed by atoms with E-state index in [4.69, 9.17) is 10.5 Å². The van der Waals surface area contributed by atoms with E-state index in [9.17, 15) is 0 Å². The molecular weight excluding hydrogens is 234 g/mol. The van der Waals surface area contributed by atoms with Gasteiger partial charge in [0.25, 0.3) is 0 Å². The number of hydrogen-bond acceptors (Lipinski definition) is 2. The van der Waals surface area contributed by atoms with Crippen molar-refractivity contribution in [1.82, 2.24) is 0 Å². The van der Waals surface area contributed by atoms with Gasteiger partial charge in [-0.1, -0.05) is 70.1 Å². The minimum absolute atomic E-state index is 0.549. The maximum Gasteiger partial charge on any atom is 0.123 e. The van der Waals surface area contributed by atoms with Gasteiger partial charge >= 0.3 is 0 Å². The second-order valence-corrected chi connectivity index (χ2v) is 5.14. The summed E-state index contributed by atoms with van der Waals surface area (Å²) in [7, 11) is 0. The third-order valence-corrected chi connectivity index (χ3v) is 3.45. The van der Waals surface area contributed by atoms with Gasteiger partial charge in [0.15, 0.2) is 0 Å². The summed E-state index contributed by atoms with van der Waals surface area (Å²) in [4.78, 5) is 0. The topological polar surface area (TPSA) is 35.2 Å². The minimum atomic E-state index is 0.549. The molecule has 0 atom stereocenters. The van der Waals surface area contributed by atoms with Gasteiger partial charge in [-0.25, -0.2) is 0 Å². The smallest absolute Gasteiger partial charge is 0.123 e. The zero-order valence-electron chi connectivity index (χ0n) is 12.4. The summed E-state index contributed by atoms with van der Waals surface area (Å²) in [5.74, 6) is 0.952. The molecule has 0 aliphatic heterocycles. The zero-order chi connectivity index (χ0) is 13.8. The molecule has 2 N–H and O–H groups in total. The molecule has 19 heavy (non-hydrogen) atoms. The summed E-state index contributed by atoms with van der Waals surface area (Å²) in [5, 5.41) is 0. The van der Waals surface area contributed by atoms with E-state index in [0.717, 1.165) is 24.3 Å². The first-order chi connectivity index (χ1) is 9.38. The molecule has 0 bridgehead atoms. The van der Waals surface area contributed by atoms with Crippen LogP contribution in [0.4, 0.5) is 0 Å². The van der Waals surface area contributed by atoms with E-state index in [0.29, 0.717) is 6.54 Å². The molecule has 0 spiro atoms. The van der Waals surface area contributed by atoms with Crippen molar-refractivity contribution in [3.8, 4) is 5.75 Å². The highest BCUT2D eigenvalue weighted by atomic mass is 16.5. The Balaban J connectivity index is 2.01. The summed E-state index contributed by atoms with van der Waals surface area (Å²) in [5.41, 5.74) is 6.78. The lowest BCUT2D eigenvalue weighted by Gasteiger charge is -2.09. The van der Waals surface area contributed by atoms with E-state index in [1.807, 2.05) is 24.3 Å². The number of ether oxygens (including phenoxy) is 1. The van der Waals surface area contributed by atoms with Crippen LogP contribution in [0.1, 0.15) is 63.9 Å². The second kappa shape index (κ2) is 10.9. The van der Waals surface area contributed by atoms with E-state index in [-0.39, 0.29) is 0 Å². The van der Waals surface area contributed by atoms with Crippen LogP contribution in [0.15, 0.2) is 24.3 Å². The molecule has 0 unspecified atom stereocenters. The number of rotatable bonds is 11. The quantitative estimate of drug-likeness (QED) is 0.589. The predicted molar refractivity (Wildman–Crippen MR) is 82.4 cm³/mol. The molecule has 0 fully saturated rings. The molecule has 0 amide bonds. The van der Waals surface area contributed by atoms with Crippen LogP contribution >= 0.6 is 0 Å². The van der Waals surface area contributed by atoms with Gasteiger partial charge in [-0.15, -0.1) is 0 Å². The zero-order valence-corrected chi connectivity index (χ0v) is 12.4. The summed E-state index contributed by atoms with van der Waals surface area (Å²) < 4.78 is 5.79. The summed E-state index contributed by atoms with van der Waals surface area (Å²) in [6, 6.07) is 8.05. The van der Waals surface area contributed by atoms with E-state index in [1.54, 1.807) is 0 Å². The Bertz CT molecular complexity index is 325. The Kier molecular flexibility index (Phi) is 9.17.